The fourth-order valence-electron chi connectivity index (χ4n) is 3.80. The van der Waals surface area contributed by atoms with Gasteiger partial charge in [-0.2, -0.15) is 0 Å². The number of hydrogen-bond donors (Lipinski definition) is 0. The minimum atomic E-state index is 0.255. The molecule has 1 aliphatic carbocycles. The number of ketones is 1. The Morgan fingerprint density at radius 3 is 1.75 bits per heavy atom. The lowest BCUT2D eigenvalue weighted by Gasteiger charge is -2.31. The van der Waals surface area contributed by atoms with Gasteiger partial charge in [0.05, 0.1) is 0 Å². The summed E-state index contributed by atoms with van der Waals surface area (Å²) >= 11 is 0. The SMILES string of the molecule is CCCCCCCCCCCCCCCC1=CC(=O)CCC1(C)C. The maximum atomic E-state index is 11.6. The van der Waals surface area contributed by atoms with E-state index in [0.29, 0.717) is 5.78 Å². The third-order valence-corrected chi connectivity index (χ3v) is 5.75. The summed E-state index contributed by atoms with van der Waals surface area (Å²) in [6.45, 7) is 6.88. The average molecular weight is 335 g/mol. The first kappa shape index (κ1) is 21.5. The van der Waals surface area contributed by atoms with E-state index < -0.39 is 0 Å². The smallest absolute Gasteiger partial charge is 0.155 e. The largest absolute Gasteiger partial charge is 0.295 e. The van der Waals surface area contributed by atoms with Gasteiger partial charge >= 0.3 is 0 Å². The zero-order chi connectivity index (χ0) is 17.7. The zero-order valence-corrected chi connectivity index (χ0v) is 16.8. The van der Waals surface area contributed by atoms with E-state index in [9.17, 15) is 4.79 Å². The normalized spacial score (nSPS) is 17.1. The van der Waals surface area contributed by atoms with Crippen LogP contribution in [0.3, 0.4) is 0 Å². The molecule has 0 N–H and O–H groups in total. The predicted octanol–water partition coefficient (Wildman–Crippen LogP) is 7.78. The highest BCUT2D eigenvalue weighted by molar-refractivity contribution is 5.91. The van der Waals surface area contributed by atoms with Crippen molar-refractivity contribution in [1.82, 2.24) is 0 Å². The third kappa shape index (κ3) is 9.64. The standard InChI is InChI=1S/C23H42O/c1-4-5-6-7-8-9-10-11-12-13-14-15-16-17-21-20-22(24)18-19-23(21,2)3/h20H,4-19H2,1-3H3. The number of hydrogen-bond acceptors (Lipinski definition) is 1. The molecule has 0 heterocycles. The van der Waals surface area contributed by atoms with E-state index in [0.717, 1.165) is 19.3 Å². The van der Waals surface area contributed by atoms with Crippen LogP contribution in [0, 0.1) is 5.41 Å². The van der Waals surface area contributed by atoms with Crippen LogP contribution in [-0.2, 0) is 4.79 Å². The summed E-state index contributed by atoms with van der Waals surface area (Å²) in [6.07, 6.45) is 23.1. The lowest BCUT2D eigenvalue weighted by atomic mass is 9.73. The lowest BCUT2D eigenvalue weighted by molar-refractivity contribution is -0.115. The average Bonchev–Trinajstić information content (AvgIpc) is 2.55. The lowest BCUT2D eigenvalue weighted by Crippen LogP contribution is -2.22. The Kier molecular flexibility index (Phi) is 11.4. The quantitative estimate of drug-likeness (QED) is 0.296. The Balaban J connectivity index is 1.91. The Labute approximate surface area is 151 Å². The summed E-state index contributed by atoms with van der Waals surface area (Å²) in [5, 5.41) is 0. The van der Waals surface area contributed by atoms with E-state index in [-0.39, 0.29) is 5.41 Å². The second-order valence-corrected chi connectivity index (χ2v) is 8.51. The molecular formula is C23H42O. The molecule has 0 unspecified atom stereocenters. The molecule has 1 rings (SSSR count). The van der Waals surface area contributed by atoms with E-state index in [1.54, 1.807) is 0 Å². The van der Waals surface area contributed by atoms with E-state index in [1.807, 2.05) is 6.08 Å². The molecule has 140 valence electrons. The summed E-state index contributed by atoms with van der Waals surface area (Å²) in [5.41, 5.74) is 1.66. The fourth-order valence-corrected chi connectivity index (χ4v) is 3.80. The van der Waals surface area contributed by atoms with Crippen LogP contribution in [0.4, 0.5) is 0 Å². The van der Waals surface area contributed by atoms with Crippen molar-refractivity contribution in [2.45, 2.75) is 124 Å². The fraction of sp³-hybridized carbons (Fsp3) is 0.870. The Bertz CT molecular complexity index is 364. The molecule has 24 heavy (non-hydrogen) atoms. The van der Waals surface area contributed by atoms with Crippen LogP contribution >= 0.6 is 0 Å². The van der Waals surface area contributed by atoms with Crippen LogP contribution in [-0.4, -0.2) is 5.78 Å². The highest BCUT2D eigenvalue weighted by Gasteiger charge is 2.27. The molecule has 1 aliphatic rings. The van der Waals surface area contributed by atoms with Gasteiger partial charge in [0, 0.05) is 6.42 Å². The maximum absolute atomic E-state index is 11.6. The molecule has 0 aromatic heterocycles. The molecule has 0 fully saturated rings. The molecule has 0 amide bonds. The van der Waals surface area contributed by atoms with Crippen LogP contribution < -0.4 is 0 Å². The van der Waals surface area contributed by atoms with Gasteiger partial charge in [0.15, 0.2) is 5.78 Å². The van der Waals surface area contributed by atoms with E-state index in [1.165, 1.54) is 89.0 Å². The molecule has 0 aliphatic heterocycles. The summed E-state index contributed by atoms with van der Waals surface area (Å²) in [7, 11) is 0. The van der Waals surface area contributed by atoms with Crippen LogP contribution in [0.25, 0.3) is 0 Å². The Morgan fingerprint density at radius 2 is 1.25 bits per heavy atom. The molecule has 0 aromatic rings. The van der Waals surface area contributed by atoms with Crippen LogP contribution in [0.2, 0.25) is 0 Å². The van der Waals surface area contributed by atoms with Gasteiger partial charge in [-0.1, -0.05) is 103 Å². The summed E-state index contributed by atoms with van der Waals surface area (Å²) in [4.78, 5) is 11.6. The third-order valence-electron chi connectivity index (χ3n) is 5.75. The molecule has 1 nitrogen and oxygen atoms in total. The molecular weight excluding hydrogens is 292 g/mol. The van der Waals surface area contributed by atoms with Crippen molar-refractivity contribution in [2.24, 2.45) is 5.41 Å². The van der Waals surface area contributed by atoms with Crippen LogP contribution in [0.1, 0.15) is 124 Å². The van der Waals surface area contributed by atoms with Gasteiger partial charge in [-0.25, -0.2) is 0 Å². The Morgan fingerprint density at radius 1 is 0.792 bits per heavy atom. The molecule has 0 spiro atoms. The van der Waals surface area contributed by atoms with Crippen molar-refractivity contribution < 1.29 is 4.79 Å². The van der Waals surface area contributed by atoms with Crippen molar-refractivity contribution >= 4 is 5.78 Å². The van der Waals surface area contributed by atoms with Crippen LogP contribution in [0.5, 0.6) is 0 Å². The highest BCUT2D eigenvalue weighted by atomic mass is 16.1. The van der Waals surface area contributed by atoms with Gasteiger partial charge in [-0.3, -0.25) is 4.79 Å². The number of carbonyl (C=O) groups is 1. The van der Waals surface area contributed by atoms with Crippen molar-refractivity contribution in [3.8, 4) is 0 Å². The summed E-state index contributed by atoms with van der Waals surface area (Å²) in [5.74, 6) is 0.346. The zero-order valence-electron chi connectivity index (χ0n) is 16.8. The number of allylic oxidation sites excluding steroid dienone is 2. The van der Waals surface area contributed by atoms with Gasteiger partial charge in [-0.15, -0.1) is 0 Å². The van der Waals surface area contributed by atoms with Gasteiger partial charge in [-0.05, 0) is 30.8 Å². The van der Waals surface area contributed by atoms with Gasteiger partial charge in [0.1, 0.15) is 0 Å². The van der Waals surface area contributed by atoms with Crippen molar-refractivity contribution in [1.29, 1.82) is 0 Å². The first-order valence-electron chi connectivity index (χ1n) is 10.8. The predicted molar refractivity (Wildman–Crippen MR) is 106 cm³/mol. The van der Waals surface area contributed by atoms with Crippen molar-refractivity contribution in [2.75, 3.05) is 0 Å². The Hall–Kier alpha value is -0.590. The minimum Gasteiger partial charge on any atom is -0.295 e. The first-order valence-corrected chi connectivity index (χ1v) is 10.8. The van der Waals surface area contributed by atoms with Crippen molar-refractivity contribution in [3.05, 3.63) is 11.6 Å². The second kappa shape index (κ2) is 12.7. The monoisotopic (exact) mass is 334 g/mol. The maximum Gasteiger partial charge on any atom is 0.155 e. The molecule has 0 atom stereocenters. The topological polar surface area (TPSA) is 17.1 Å². The molecule has 0 aromatic carbocycles. The molecule has 0 bridgehead atoms. The molecule has 0 saturated heterocycles. The number of unbranched alkanes of at least 4 members (excludes halogenated alkanes) is 12. The van der Waals surface area contributed by atoms with E-state index >= 15 is 0 Å². The highest BCUT2D eigenvalue weighted by Crippen LogP contribution is 2.38. The van der Waals surface area contributed by atoms with Gasteiger partial charge < -0.3 is 0 Å². The number of rotatable bonds is 14. The van der Waals surface area contributed by atoms with Crippen molar-refractivity contribution in [3.63, 3.8) is 0 Å². The van der Waals surface area contributed by atoms with E-state index in [4.69, 9.17) is 0 Å². The minimum absolute atomic E-state index is 0.255. The molecule has 1 heteroatoms. The summed E-state index contributed by atoms with van der Waals surface area (Å²) < 4.78 is 0. The van der Waals surface area contributed by atoms with Crippen LogP contribution in [0.15, 0.2) is 11.6 Å². The van der Waals surface area contributed by atoms with Gasteiger partial charge in [0.25, 0.3) is 0 Å². The van der Waals surface area contributed by atoms with Gasteiger partial charge in [0.2, 0.25) is 0 Å². The number of carbonyl (C=O) groups excluding carboxylic acids is 1. The molecule has 0 saturated carbocycles. The first-order chi connectivity index (χ1) is 11.6. The second-order valence-electron chi connectivity index (χ2n) is 8.51. The van der Waals surface area contributed by atoms with E-state index in [2.05, 4.69) is 20.8 Å². The molecule has 0 radical (unpaired) electrons. The summed E-state index contributed by atoms with van der Waals surface area (Å²) in [6, 6.07) is 0.